The lowest BCUT2D eigenvalue weighted by atomic mass is 10.1. The highest BCUT2D eigenvalue weighted by Crippen LogP contribution is 2.42. The summed E-state index contributed by atoms with van der Waals surface area (Å²) in [5.74, 6) is -1.77. The van der Waals surface area contributed by atoms with Crippen LogP contribution in [-0.4, -0.2) is 29.3 Å². The smallest absolute Gasteiger partial charge is 0.416 e. The van der Waals surface area contributed by atoms with E-state index in [1.165, 1.54) is 0 Å². The molecule has 1 N–H and O–H groups in total. The molecule has 0 aromatic heterocycles. The second-order valence-electron chi connectivity index (χ2n) is 5.16. The Morgan fingerprint density at radius 3 is 1.86 bits per heavy atom. The van der Waals surface area contributed by atoms with E-state index in [1.807, 2.05) is 0 Å². The number of carboxylic acids is 1. The first-order chi connectivity index (χ1) is 12.8. The van der Waals surface area contributed by atoms with Crippen LogP contribution in [0.4, 0.5) is 24.5 Å². The molecule has 0 bridgehead atoms. The van der Waals surface area contributed by atoms with Crippen molar-refractivity contribution in [2.24, 2.45) is 0 Å². The molecule has 2 aromatic carbocycles. The number of carbonyl (C=O) groups is 1. The van der Waals surface area contributed by atoms with Crippen molar-refractivity contribution in [3.05, 3.63) is 67.8 Å². The summed E-state index contributed by atoms with van der Waals surface area (Å²) in [6.45, 7) is 0. The van der Waals surface area contributed by atoms with E-state index >= 15 is 0 Å². The number of hydrogen-bond donors (Lipinski definition) is 1. The summed E-state index contributed by atoms with van der Waals surface area (Å²) in [6.07, 6.45) is -5.24. The maximum atomic E-state index is 12.9. The van der Waals surface area contributed by atoms with Gasteiger partial charge in [0.05, 0.1) is 25.9 Å². The summed E-state index contributed by atoms with van der Waals surface area (Å²) in [5.41, 5.74) is -6.09. The molecule has 0 atom stereocenters. The van der Waals surface area contributed by atoms with Gasteiger partial charge in [0, 0.05) is 12.1 Å². The topological polar surface area (TPSA) is 158 Å². The number of benzene rings is 2. The molecule has 0 aliphatic carbocycles. The van der Waals surface area contributed by atoms with Gasteiger partial charge in [0.2, 0.25) is 14.7 Å². The van der Waals surface area contributed by atoms with Gasteiger partial charge in [-0.1, -0.05) is 12.1 Å². The van der Waals surface area contributed by atoms with Crippen molar-refractivity contribution in [2.75, 3.05) is 0 Å². The average molecular weight is 420 g/mol. The highest BCUT2D eigenvalue weighted by Gasteiger charge is 2.43. The lowest BCUT2D eigenvalue weighted by Crippen LogP contribution is -2.15. The summed E-state index contributed by atoms with van der Waals surface area (Å²) in [7, 11) is -5.26. The van der Waals surface area contributed by atoms with Gasteiger partial charge in [-0.3, -0.25) is 20.2 Å². The number of rotatable bonds is 5. The Morgan fingerprint density at radius 2 is 1.46 bits per heavy atom. The first kappa shape index (κ1) is 20.8. The summed E-state index contributed by atoms with van der Waals surface area (Å²) < 4.78 is 64.4. The number of carboxylic acid groups (broad SMARTS) is 1. The summed E-state index contributed by atoms with van der Waals surface area (Å²) in [4.78, 5) is 27.9. The largest absolute Gasteiger partial charge is 0.478 e. The molecule has 0 unspecified atom stereocenters. The van der Waals surface area contributed by atoms with Gasteiger partial charge in [0.15, 0.2) is 0 Å². The van der Waals surface area contributed by atoms with Crippen LogP contribution in [0.25, 0.3) is 0 Å². The fourth-order valence-electron chi connectivity index (χ4n) is 2.30. The van der Waals surface area contributed by atoms with Gasteiger partial charge in [-0.25, -0.2) is 13.2 Å². The van der Waals surface area contributed by atoms with Crippen LogP contribution in [0, 0.1) is 20.2 Å². The minimum atomic E-state index is -5.26. The third-order valence-corrected chi connectivity index (χ3v) is 5.34. The molecule has 0 aliphatic rings. The fraction of sp³-hybridized carbons (Fsp3) is 0.0714. The maximum absolute atomic E-state index is 12.9. The molecular weight excluding hydrogens is 413 g/mol. The van der Waals surface area contributed by atoms with E-state index in [-0.39, 0.29) is 12.1 Å². The molecule has 0 saturated carbocycles. The Hall–Kier alpha value is -3.55. The van der Waals surface area contributed by atoms with E-state index in [9.17, 15) is 46.6 Å². The number of aromatic carboxylic acids is 1. The van der Waals surface area contributed by atoms with Crippen LogP contribution in [-0.2, 0) is 16.0 Å². The van der Waals surface area contributed by atoms with Gasteiger partial charge in [-0.05, 0) is 12.1 Å². The Balaban J connectivity index is 3.01. The summed E-state index contributed by atoms with van der Waals surface area (Å²) in [5, 5.41) is 31.5. The van der Waals surface area contributed by atoms with Crippen LogP contribution in [0.2, 0.25) is 0 Å². The van der Waals surface area contributed by atoms with Crippen LogP contribution < -0.4 is 0 Å². The molecule has 14 heteroatoms. The van der Waals surface area contributed by atoms with E-state index < -0.39 is 64.1 Å². The molecule has 28 heavy (non-hydrogen) atoms. The van der Waals surface area contributed by atoms with E-state index in [2.05, 4.69) is 0 Å². The van der Waals surface area contributed by atoms with Crippen molar-refractivity contribution in [2.45, 2.75) is 16.0 Å². The lowest BCUT2D eigenvalue weighted by molar-refractivity contribution is -0.400. The van der Waals surface area contributed by atoms with Crippen molar-refractivity contribution >= 4 is 27.2 Å². The van der Waals surface area contributed by atoms with Crippen molar-refractivity contribution in [3.8, 4) is 0 Å². The Morgan fingerprint density at radius 1 is 1.00 bits per heavy atom. The molecule has 148 valence electrons. The molecule has 2 rings (SSSR count). The van der Waals surface area contributed by atoms with Gasteiger partial charge >= 0.3 is 12.1 Å². The lowest BCUT2D eigenvalue weighted by Gasteiger charge is -2.11. The second kappa shape index (κ2) is 6.88. The first-order valence-corrected chi connectivity index (χ1v) is 8.38. The normalized spacial score (nSPS) is 11.8. The Labute approximate surface area is 153 Å². The number of nitro groups is 2. The molecule has 0 spiro atoms. The number of halogens is 3. The predicted octanol–water partition coefficient (Wildman–Crippen LogP) is 3.05. The van der Waals surface area contributed by atoms with Crippen LogP contribution in [0.1, 0.15) is 15.9 Å². The molecule has 0 saturated heterocycles. The van der Waals surface area contributed by atoms with Crippen LogP contribution in [0.3, 0.4) is 0 Å². The zero-order valence-electron chi connectivity index (χ0n) is 13.2. The number of nitro benzene ring substituents is 2. The standard InChI is InChI=1S/C14H7F3N2O8S/c15-14(16,17)7-5-9(18(22)23)12(10(6-7)19(24)25)28(26,27)11-4-2-1-3-8(11)13(20)21/h1-6H,(H,20,21). The highest BCUT2D eigenvalue weighted by atomic mass is 32.2. The minimum Gasteiger partial charge on any atom is -0.478 e. The molecule has 2 aromatic rings. The molecular formula is C14H7F3N2O8S. The van der Waals surface area contributed by atoms with Crippen molar-refractivity contribution in [1.29, 1.82) is 0 Å². The minimum absolute atomic E-state index is 0.163. The van der Waals surface area contributed by atoms with Gasteiger partial charge in [-0.2, -0.15) is 13.2 Å². The third-order valence-electron chi connectivity index (χ3n) is 3.45. The van der Waals surface area contributed by atoms with Gasteiger partial charge in [0.1, 0.15) is 0 Å². The van der Waals surface area contributed by atoms with E-state index in [0.29, 0.717) is 6.07 Å². The third kappa shape index (κ3) is 3.62. The SMILES string of the molecule is O=C(O)c1ccccc1S(=O)(=O)c1c([N+](=O)[O-])cc(C(F)(F)F)cc1[N+](=O)[O-]. The van der Waals surface area contributed by atoms with Gasteiger partial charge < -0.3 is 5.11 Å². The first-order valence-electron chi connectivity index (χ1n) is 6.90. The van der Waals surface area contributed by atoms with E-state index in [1.54, 1.807) is 0 Å². The van der Waals surface area contributed by atoms with Gasteiger partial charge in [-0.15, -0.1) is 0 Å². The van der Waals surface area contributed by atoms with Gasteiger partial charge in [0.25, 0.3) is 11.4 Å². The number of sulfone groups is 1. The average Bonchev–Trinajstić information content (AvgIpc) is 2.59. The van der Waals surface area contributed by atoms with Crippen LogP contribution in [0.15, 0.2) is 46.2 Å². The molecule has 10 nitrogen and oxygen atoms in total. The zero-order valence-corrected chi connectivity index (χ0v) is 14.0. The van der Waals surface area contributed by atoms with Crippen LogP contribution >= 0.6 is 0 Å². The van der Waals surface area contributed by atoms with Crippen LogP contribution in [0.5, 0.6) is 0 Å². The number of hydrogen-bond acceptors (Lipinski definition) is 7. The predicted molar refractivity (Wildman–Crippen MR) is 83.6 cm³/mol. The molecule has 0 radical (unpaired) electrons. The maximum Gasteiger partial charge on any atom is 0.416 e. The monoisotopic (exact) mass is 420 g/mol. The Bertz CT molecular complexity index is 1080. The van der Waals surface area contributed by atoms with E-state index in [4.69, 9.17) is 5.11 Å². The van der Waals surface area contributed by atoms with E-state index in [0.717, 1.165) is 18.2 Å². The summed E-state index contributed by atoms with van der Waals surface area (Å²) in [6, 6.07) is 3.37. The fourth-order valence-corrected chi connectivity index (χ4v) is 4.04. The zero-order chi connectivity index (χ0) is 21.4. The molecule has 0 aliphatic heterocycles. The molecule has 0 heterocycles. The molecule has 0 amide bonds. The second-order valence-corrected chi connectivity index (χ2v) is 7.02. The summed E-state index contributed by atoms with van der Waals surface area (Å²) >= 11 is 0. The number of nitrogens with zero attached hydrogens (tertiary/aromatic N) is 2. The quantitative estimate of drug-likeness (QED) is 0.571. The van der Waals surface area contributed by atoms with Crippen molar-refractivity contribution in [3.63, 3.8) is 0 Å². The highest BCUT2D eigenvalue weighted by molar-refractivity contribution is 7.91. The van der Waals surface area contributed by atoms with Crippen molar-refractivity contribution < 1.29 is 41.3 Å². The van der Waals surface area contributed by atoms with Crippen molar-refractivity contribution in [1.82, 2.24) is 0 Å². The molecule has 0 fully saturated rings. The number of alkyl halides is 3. The Kier molecular flexibility index (Phi) is 5.10.